The van der Waals surface area contributed by atoms with E-state index in [0.717, 1.165) is 28.7 Å². The van der Waals surface area contributed by atoms with Gasteiger partial charge in [-0.25, -0.2) is 0 Å². The fourth-order valence-electron chi connectivity index (χ4n) is 2.60. The Kier molecular flexibility index (Phi) is 3.92. The molecular weight excluding hydrogens is 268 g/mol. The minimum atomic E-state index is -0.105. The number of nitrogens with zero attached hydrogens (tertiary/aromatic N) is 2. The van der Waals surface area contributed by atoms with Gasteiger partial charge in [0.25, 0.3) is 5.91 Å². The van der Waals surface area contributed by atoms with E-state index in [-0.39, 0.29) is 5.91 Å². The van der Waals surface area contributed by atoms with Gasteiger partial charge < -0.3 is 4.90 Å². The highest BCUT2D eigenvalue weighted by molar-refractivity contribution is 8.18. The maximum absolute atomic E-state index is 12.0. The molecule has 1 aromatic carbocycles. The largest absolute Gasteiger partial charge is 0.351 e. The van der Waals surface area contributed by atoms with E-state index in [4.69, 9.17) is 0 Å². The number of rotatable bonds is 1. The first-order chi connectivity index (χ1) is 9.72. The Hall–Kier alpha value is -1.55. The molecule has 1 fully saturated rings. The summed E-state index contributed by atoms with van der Waals surface area (Å²) in [7, 11) is 0. The Morgan fingerprint density at radius 3 is 2.90 bits per heavy atom. The average Bonchev–Trinajstić information content (AvgIpc) is 2.81. The molecule has 1 amide bonds. The monoisotopic (exact) mass is 286 g/mol. The summed E-state index contributed by atoms with van der Waals surface area (Å²) in [6, 6.07) is 9.93. The Labute approximate surface area is 123 Å². The van der Waals surface area contributed by atoms with Gasteiger partial charge in [0, 0.05) is 13.1 Å². The number of aliphatic imine (C=N–C) groups is 1. The minimum absolute atomic E-state index is 0.105. The van der Waals surface area contributed by atoms with E-state index in [1.54, 1.807) is 0 Å². The number of likely N-dealkylation sites (tertiary alicyclic amines) is 1. The molecule has 3 nitrogen and oxygen atoms in total. The van der Waals surface area contributed by atoms with Crippen LogP contribution in [-0.4, -0.2) is 29.1 Å². The molecule has 0 radical (unpaired) electrons. The van der Waals surface area contributed by atoms with E-state index in [9.17, 15) is 4.79 Å². The van der Waals surface area contributed by atoms with Crippen LogP contribution in [0.1, 0.15) is 25.3 Å². The number of amidine groups is 1. The third-order valence-corrected chi connectivity index (χ3v) is 4.68. The van der Waals surface area contributed by atoms with E-state index in [2.05, 4.69) is 16.8 Å². The smallest absolute Gasteiger partial charge is 0.286 e. The first-order valence-electron chi connectivity index (χ1n) is 7.05. The summed E-state index contributed by atoms with van der Waals surface area (Å²) in [6.07, 6.45) is 4.39. The average molecular weight is 286 g/mol. The van der Waals surface area contributed by atoms with Gasteiger partial charge in [-0.15, -0.1) is 0 Å². The molecule has 3 rings (SSSR count). The zero-order chi connectivity index (χ0) is 13.9. The molecule has 0 unspecified atom stereocenters. The molecule has 2 aliphatic rings. The highest BCUT2D eigenvalue weighted by atomic mass is 32.2. The van der Waals surface area contributed by atoms with E-state index in [1.807, 2.05) is 36.4 Å². The Balaban J connectivity index is 1.74. The Morgan fingerprint density at radius 2 is 2.15 bits per heavy atom. The van der Waals surface area contributed by atoms with Crippen LogP contribution >= 0.6 is 11.8 Å². The number of piperidine rings is 1. The molecule has 0 bridgehead atoms. The minimum Gasteiger partial charge on any atom is -0.351 e. The van der Waals surface area contributed by atoms with E-state index in [1.165, 1.54) is 24.6 Å². The van der Waals surface area contributed by atoms with Crippen LogP contribution in [0.5, 0.6) is 0 Å². The number of hydrogen-bond donors (Lipinski definition) is 0. The van der Waals surface area contributed by atoms with Crippen LogP contribution in [0.15, 0.2) is 40.2 Å². The Morgan fingerprint density at radius 1 is 1.35 bits per heavy atom. The predicted octanol–water partition coefficient (Wildman–Crippen LogP) is 3.39. The second-order valence-corrected chi connectivity index (χ2v) is 6.42. The molecule has 0 spiro atoms. The second kappa shape index (κ2) is 5.83. The summed E-state index contributed by atoms with van der Waals surface area (Å²) < 4.78 is 0. The lowest BCUT2D eigenvalue weighted by atomic mass is 10.0. The topological polar surface area (TPSA) is 32.7 Å². The van der Waals surface area contributed by atoms with Gasteiger partial charge in [0.05, 0.1) is 4.91 Å². The van der Waals surface area contributed by atoms with Crippen LogP contribution < -0.4 is 0 Å². The molecule has 0 aliphatic carbocycles. The zero-order valence-corrected chi connectivity index (χ0v) is 12.4. The van der Waals surface area contributed by atoms with Crippen LogP contribution in [0.3, 0.4) is 0 Å². The van der Waals surface area contributed by atoms with Crippen molar-refractivity contribution in [1.29, 1.82) is 0 Å². The van der Waals surface area contributed by atoms with Gasteiger partial charge in [0.1, 0.15) is 0 Å². The summed E-state index contributed by atoms with van der Waals surface area (Å²) in [5, 5.41) is 0.878. The van der Waals surface area contributed by atoms with Crippen molar-refractivity contribution in [2.45, 2.75) is 19.8 Å². The normalized spacial score (nSPS) is 25.1. The highest BCUT2D eigenvalue weighted by Gasteiger charge is 2.28. The maximum atomic E-state index is 12.0. The third-order valence-electron chi connectivity index (χ3n) is 3.63. The molecule has 4 heteroatoms. The molecule has 20 heavy (non-hydrogen) atoms. The standard InChI is InChI=1S/C16H18N2OS/c1-12-6-5-9-18(11-12)16-17-15(19)14(20-16)10-13-7-3-2-4-8-13/h2-4,7-8,10,12H,5-6,9,11H2,1H3/b14-10-/t12-/m1/s1. The number of carbonyl (C=O) groups is 1. The van der Waals surface area contributed by atoms with Crippen LogP contribution in [-0.2, 0) is 4.79 Å². The summed E-state index contributed by atoms with van der Waals surface area (Å²) in [5.41, 5.74) is 1.05. The fraction of sp³-hybridized carbons (Fsp3) is 0.375. The molecular formula is C16H18N2OS. The van der Waals surface area contributed by atoms with Crippen molar-refractivity contribution in [3.63, 3.8) is 0 Å². The summed E-state index contributed by atoms with van der Waals surface area (Å²) >= 11 is 1.51. The first kappa shape index (κ1) is 13.4. The molecule has 1 aromatic rings. The number of thioether (sulfide) groups is 1. The fourth-order valence-corrected chi connectivity index (χ4v) is 3.55. The quantitative estimate of drug-likeness (QED) is 0.742. The molecule has 1 atom stereocenters. The SMILES string of the molecule is C[C@@H]1CCCN(C2=NC(=O)/C(=C/c3ccccc3)S2)C1. The van der Waals surface area contributed by atoms with Crippen molar-refractivity contribution in [2.75, 3.05) is 13.1 Å². The van der Waals surface area contributed by atoms with Gasteiger partial charge in [0.15, 0.2) is 5.17 Å². The number of benzene rings is 1. The molecule has 104 valence electrons. The molecule has 0 saturated carbocycles. The van der Waals surface area contributed by atoms with Crippen molar-refractivity contribution < 1.29 is 4.79 Å². The number of carbonyl (C=O) groups excluding carboxylic acids is 1. The van der Waals surface area contributed by atoms with Crippen LogP contribution in [0.25, 0.3) is 6.08 Å². The van der Waals surface area contributed by atoms with Crippen molar-refractivity contribution in [3.05, 3.63) is 40.8 Å². The van der Waals surface area contributed by atoms with Crippen LogP contribution in [0.2, 0.25) is 0 Å². The van der Waals surface area contributed by atoms with Crippen molar-refractivity contribution in [1.82, 2.24) is 4.90 Å². The zero-order valence-electron chi connectivity index (χ0n) is 11.6. The van der Waals surface area contributed by atoms with E-state index < -0.39 is 0 Å². The van der Waals surface area contributed by atoms with Gasteiger partial charge in [-0.05, 0) is 42.2 Å². The molecule has 0 aromatic heterocycles. The van der Waals surface area contributed by atoms with Gasteiger partial charge in [0.2, 0.25) is 0 Å². The molecule has 2 heterocycles. The Bertz CT molecular complexity index is 565. The van der Waals surface area contributed by atoms with Crippen molar-refractivity contribution in [3.8, 4) is 0 Å². The molecule has 1 saturated heterocycles. The van der Waals surface area contributed by atoms with E-state index >= 15 is 0 Å². The molecule has 0 N–H and O–H groups in total. The lowest BCUT2D eigenvalue weighted by molar-refractivity contribution is -0.113. The summed E-state index contributed by atoms with van der Waals surface area (Å²) in [5.74, 6) is 0.580. The van der Waals surface area contributed by atoms with Crippen molar-refractivity contribution >= 4 is 28.9 Å². The van der Waals surface area contributed by atoms with Crippen molar-refractivity contribution in [2.24, 2.45) is 10.9 Å². The van der Waals surface area contributed by atoms with Gasteiger partial charge >= 0.3 is 0 Å². The lowest BCUT2D eigenvalue weighted by Gasteiger charge is -2.31. The highest BCUT2D eigenvalue weighted by Crippen LogP contribution is 2.32. The first-order valence-corrected chi connectivity index (χ1v) is 7.86. The van der Waals surface area contributed by atoms with Gasteiger partial charge in [-0.2, -0.15) is 4.99 Å². The number of amides is 1. The van der Waals surface area contributed by atoms with Gasteiger partial charge in [-0.3, -0.25) is 4.79 Å². The second-order valence-electron chi connectivity index (χ2n) is 5.41. The summed E-state index contributed by atoms with van der Waals surface area (Å²) in [4.78, 5) is 19.2. The third kappa shape index (κ3) is 2.96. The lowest BCUT2D eigenvalue weighted by Crippen LogP contribution is -2.37. The van der Waals surface area contributed by atoms with Gasteiger partial charge in [-0.1, -0.05) is 37.3 Å². The maximum Gasteiger partial charge on any atom is 0.286 e. The van der Waals surface area contributed by atoms with Crippen LogP contribution in [0, 0.1) is 5.92 Å². The molecule has 2 aliphatic heterocycles. The summed E-state index contributed by atoms with van der Waals surface area (Å²) in [6.45, 7) is 4.29. The predicted molar refractivity (Wildman–Crippen MR) is 84.4 cm³/mol. The van der Waals surface area contributed by atoms with E-state index in [0.29, 0.717) is 5.92 Å². The number of hydrogen-bond acceptors (Lipinski definition) is 3. The van der Waals surface area contributed by atoms with Crippen LogP contribution in [0.4, 0.5) is 0 Å².